The molecule has 0 amide bonds. The van der Waals surface area contributed by atoms with Gasteiger partial charge in [-0.25, -0.2) is 0 Å². The summed E-state index contributed by atoms with van der Waals surface area (Å²) < 4.78 is 11.2. The van der Waals surface area contributed by atoms with E-state index in [1.54, 1.807) is 7.11 Å². The summed E-state index contributed by atoms with van der Waals surface area (Å²) in [6.07, 6.45) is 6.56. The van der Waals surface area contributed by atoms with Crippen molar-refractivity contribution in [3.8, 4) is 5.75 Å². The number of likely N-dealkylation sites (tertiary alicyclic amines) is 1. The van der Waals surface area contributed by atoms with Crippen LogP contribution in [0.25, 0.3) is 0 Å². The Hall–Kier alpha value is -0.850. The van der Waals surface area contributed by atoms with Crippen molar-refractivity contribution in [1.29, 1.82) is 0 Å². The van der Waals surface area contributed by atoms with Crippen LogP contribution < -0.4 is 15.4 Å². The zero-order chi connectivity index (χ0) is 18.5. The van der Waals surface area contributed by atoms with Crippen LogP contribution in [0.5, 0.6) is 5.75 Å². The van der Waals surface area contributed by atoms with Gasteiger partial charge in [0.25, 0.3) is 0 Å². The van der Waals surface area contributed by atoms with Crippen LogP contribution in [-0.2, 0) is 4.74 Å². The number of halogens is 1. The van der Waals surface area contributed by atoms with Gasteiger partial charge in [-0.15, -0.1) is 12.4 Å². The van der Waals surface area contributed by atoms with E-state index in [1.165, 1.54) is 50.8 Å². The number of methoxy groups -OCH3 is 1. The summed E-state index contributed by atoms with van der Waals surface area (Å²) >= 11 is 0. The van der Waals surface area contributed by atoms with Gasteiger partial charge in [0.05, 0.1) is 20.3 Å². The quantitative estimate of drug-likeness (QED) is 0.724. The third kappa shape index (κ3) is 5.19. The molecule has 6 heteroatoms. The SMILES string of the molecule is COc1cccc(C(CNC2CCCC2C2COCCN2)N2CCCC2)c1.Cl. The minimum absolute atomic E-state index is 0. The van der Waals surface area contributed by atoms with Crippen LogP contribution in [0.3, 0.4) is 0 Å². The normalized spacial score (nSPS) is 29.4. The summed E-state index contributed by atoms with van der Waals surface area (Å²) in [6, 6.07) is 10.2. The highest BCUT2D eigenvalue weighted by Gasteiger charge is 2.35. The minimum atomic E-state index is 0. The standard InChI is InChI=1S/C22H35N3O2.ClH/c1-26-18-7-4-6-17(14-18)22(25-11-2-3-12-25)15-24-20-9-5-8-19(20)21-16-27-13-10-23-21;/h4,6-7,14,19-24H,2-3,5,8-13,15-16H2,1H3;1H. The lowest BCUT2D eigenvalue weighted by molar-refractivity contribution is 0.0519. The fourth-order valence-electron chi connectivity index (χ4n) is 5.21. The number of morpholine rings is 1. The van der Waals surface area contributed by atoms with Crippen molar-refractivity contribution in [2.24, 2.45) is 5.92 Å². The van der Waals surface area contributed by atoms with Crippen LogP contribution in [0.15, 0.2) is 24.3 Å². The molecule has 28 heavy (non-hydrogen) atoms. The van der Waals surface area contributed by atoms with Crippen molar-refractivity contribution in [2.75, 3.05) is 46.5 Å². The molecule has 2 N–H and O–H groups in total. The molecule has 4 rings (SSSR count). The highest BCUT2D eigenvalue weighted by atomic mass is 35.5. The molecule has 0 aromatic heterocycles. The summed E-state index contributed by atoms with van der Waals surface area (Å²) in [5.41, 5.74) is 1.37. The van der Waals surface area contributed by atoms with E-state index in [0.717, 1.165) is 32.1 Å². The Labute approximate surface area is 175 Å². The van der Waals surface area contributed by atoms with E-state index < -0.39 is 0 Å². The van der Waals surface area contributed by atoms with Crippen molar-refractivity contribution in [1.82, 2.24) is 15.5 Å². The second-order valence-corrected chi connectivity index (χ2v) is 8.28. The lowest BCUT2D eigenvalue weighted by atomic mass is 9.93. The maximum Gasteiger partial charge on any atom is 0.119 e. The second-order valence-electron chi connectivity index (χ2n) is 8.28. The Balaban J connectivity index is 0.00000225. The van der Waals surface area contributed by atoms with Crippen LogP contribution in [0.4, 0.5) is 0 Å². The van der Waals surface area contributed by atoms with E-state index in [0.29, 0.717) is 24.0 Å². The first-order valence-electron chi connectivity index (χ1n) is 10.8. The molecular weight excluding hydrogens is 374 g/mol. The van der Waals surface area contributed by atoms with Gasteiger partial charge >= 0.3 is 0 Å². The Morgan fingerprint density at radius 3 is 2.86 bits per heavy atom. The summed E-state index contributed by atoms with van der Waals surface area (Å²) in [5.74, 6) is 1.65. The van der Waals surface area contributed by atoms with Gasteiger partial charge in [-0.1, -0.05) is 18.6 Å². The van der Waals surface area contributed by atoms with E-state index >= 15 is 0 Å². The molecule has 0 spiro atoms. The minimum Gasteiger partial charge on any atom is -0.497 e. The number of ether oxygens (including phenoxy) is 2. The number of benzene rings is 1. The number of nitrogens with one attached hydrogen (secondary N) is 2. The molecule has 0 radical (unpaired) electrons. The third-order valence-electron chi connectivity index (χ3n) is 6.67. The van der Waals surface area contributed by atoms with Gasteiger partial charge in [-0.05, 0) is 62.4 Å². The zero-order valence-corrected chi connectivity index (χ0v) is 17.9. The Morgan fingerprint density at radius 2 is 2.11 bits per heavy atom. The molecule has 1 aromatic rings. The number of nitrogens with zero attached hydrogens (tertiary/aromatic N) is 1. The van der Waals surface area contributed by atoms with Crippen LogP contribution in [0.1, 0.15) is 43.7 Å². The molecule has 2 saturated heterocycles. The summed E-state index contributed by atoms with van der Waals surface area (Å²) in [6.45, 7) is 6.14. The second kappa shape index (κ2) is 10.8. The first kappa shape index (κ1) is 21.8. The van der Waals surface area contributed by atoms with Gasteiger partial charge in [0, 0.05) is 31.2 Å². The highest BCUT2D eigenvalue weighted by molar-refractivity contribution is 5.85. The maximum absolute atomic E-state index is 5.73. The van der Waals surface area contributed by atoms with Gasteiger partial charge < -0.3 is 20.1 Å². The van der Waals surface area contributed by atoms with Crippen molar-refractivity contribution in [3.05, 3.63) is 29.8 Å². The molecule has 2 heterocycles. The highest BCUT2D eigenvalue weighted by Crippen LogP contribution is 2.31. The van der Waals surface area contributed by atoms with Crippen molar-refractivity contribution >= 4 is 12.4 Å². The van der Waals surface area contributed by atoms with E-state index in [4.69, 9.17) is 9.47 Å². The van der Waals surface area contributed by atoms with Gasteiger partial charge in [0.2, 0.25) is 0 Å². The predicted octanol–water partition coefficient (Wildman–Crippen LogP) is 3.00. The topological polar surface area (TPSA) is 45.8 Å². The fourth-order valence-corrected chi connectivity index (χ4v) is 5.21. The smallest absolute Gasteiger partial charge is 0.119 e. The number of hydrogen-bond acceptors (Lipinski definition) is 5. The molecule has 2 aliphatic heterocycles. The zero-order valence-electron chi connectivity index (χ0n) is 17.1. The first-order valence-corrected chi connectivity index (χ1v) is 10.8. The van der Waals surface area contributed by atoms with E-state index in [2.05, 4.69) is 33.7 Å². The molecule has 3 fully saturated rings. The molecule has 5 nitrogen and oxygen atoms in total. The average Bonchev–Trinajstić information content (AvgIpc) is 3.41. The van der Waals surface area contributed by atoms with E-state index in [1.807, 2.05) is 6.07 Å². The van der Waals surface area contributed by atoms with Crippen molar-refractivity contribution in [2.45, 2.75) is 50.2 Å². The van der Waals surface area contributed by atoms with Gasteiger partial charge in [-0.2, -0.15) is 0 Å². The lowest BCUT2D eigenvalue weighted by Crippen LogP contribution is -2.51. The monoisotopic (exact) mass is 409 g/mol. The maximum atomic E-state index is 5.73. The van der Waals surface area contributed by atoms with Gasteiger partial charge in [0.15, 0.2) is 0 Å². The van der Waals surface area contributed by atoms with Crippen molar-refractivity contribution in [3.63, 3.8) is 0 Å². The summed E-state index contributed by atoms with van der Waals surface area (Å²) in [4.78, 5) is 2.65. The van der Waals surface area contributed by atoms with E-state index in [9.17, 15) is 0 Å². The van der Waals surface area contributed by atoms with Crippen LogP contribution in [-0.4, -0.2) is 63.5 Å². The summed E-state index contributed by atoms with van der Waals surface area (Å²) in [7, 11) is 1.75. The van der Waals surface area contributed by atoms with Gasteiger partial charge in [-0.3, -0.25) is 4.90 Å². The molecule has 4 unspecified atom stereocenters. The first-order chi connectivity index (χ1) is 13.3. The number of hydrogen-bond donors (Lipinski definition) is 2. The average molecular weight is 410 g/mol. The largest absolute Gasteiger partial charge is 0.497 e. The molecule has 0 bridgehead atoms. The Morgan fingerprint density at radius 1 is 1.25 bits per heavy atom. The van der Waals surface area contributed by atoms with Crippen LogP contribution in [0, 0.1) is 5.92 Å². The number of rotatable bonds is 7. The van der Waals surface area contributed by atoms with Crippen molar-refractivity contribution < 1.29 is 9.47 Å². The molecular formula is C22H36ClN3O2. The molecule has 1 aliphatic carbocycles. The molecule has 1 aromatic carbocycles. The Bertz CT molecular complexity index is 591. The predicted molar refractivity (Wildman–Crippen MR) is 116 cm³/mol. The summed E-state index contributed by atoms with van der Waals surface area (Å²) in [5, 5.41) is 7.65. The van der Waals surface area contributed by atoms with Gasteiger partial charge in [0.1, 0.15) is 5.75 Å². The van der Waals surface area contributed by atoms with E-state index in [-0.39, 0.29) is 12.4 Å². The fraction of sp³-hybridized carbons (Fsp3) is 0.727. The van der Waals surface area contributed by atoms with Crippen LogP contribution in [0.2, 0.25) is 0 Å². The third-order valence-corrected chi connectivity index (χ3v) is 6.67. The lowest BCUT2D eigenvalue weighted by Gasteiger charge is -2.35. The molecule has 1 saturated carbocycles. The molecule has 4 atom stereocenters. The Kier molecular flexibility index (Phi) is 8.42. The van der Waals surface area contributed by atoms with Crippen LogP contribution >= 0.6 is 12.4 Å². The molecule has 3 aliphatic rings. The molecule has 158 valence electrons.